The molecule has 0 aliphatic carbocycles. The van der Waals surface area contributed by atoms with Gasteiger partial charge < -0.3 is 4.72 Å². The first kappa shape index (κ1) is 21.5. The van der Waals surface area contributed by atoms with Gasteiger partial charge in [-0.05, 0) is 57.2 Å². The van der Waals surface area contributed by atoms with Crippen LogP contribution in [0.5, 0.6) is 0 Å². The summed E-state index contributed by atoms with van der Waals surface area (Å²) in [6.07, 6.45) is 1.22. The Morgan fingerprint density at radius 1 is 1.06 bits per heavy atom. The van der Waals surface area contributed by atoms with Gasteiger partial charge in [-0.3, -0.25) is 14.3 Å². The highest BCUT2D eigenvalue weighted by Gasteiger charge is 2.46. The number of hydrogen-bond donors (Lipinski definition) is 1. The molecule has 0 atom stereocenters. The summed E-state index contributed by atoms with van der Waals surface area (Å²) in [7, 11) is 0. The van der Waals surface area contributed by atoms with Crippen LogP contribution in [0, 0.1) is 0 Å². The Bertz CT molecular complexity index is 1090. The van der Waals surface area contributed by atoms with E-state index in [1.807, 2.05) is 30.3 Å². The third-order valence-electron chi connectivity index (χ3n) is 6.59. The molecule has 1 aromatic heterocycles. The number of nitrogens with one attached hydrogen (secondary N) is 1. The number of aromatic nitrogens is 2. The second-order valence-corrected chi connectivity index (χ2v) is 9.36. The monoisotopic (exact) mass is 463 g/mol. The molecule has 0 unspecified atom stereocenters. The lowest BCUT2D eigenvalue weighted by Gasteiger charge is -2.50. The zero-order chi connectivity index (χ0) is 22.3. The van der Waals surface area contributed by atoms with Gasteiger partial charge in [-0.2, -0.15) is 13.2 Å². The van der Waals surface area contributed by atoms with Crippen LogP contribution in [-0.2, 0) is 12.1 Å². The molecule has 0 radical (unpaired) electrons. The number of anilines is 1. The number of halogens is 3. The summed E-state index contributed by atoms with van der Waals surface area (Å²) in [6.45, 7) is 2.12. The Labute approximate surface area is 188 Å². The minimum absolute atomic E-state index is 0.0113. The second kappa shape index (κ2) is 8.22. The summed E-state index contributed by atoms with van der Waals surface area (Å²) in [5.41, 5.74) is 0.127. The van der Waals surface area contributed by atoms with E-state index in [2.05, 4.69) is 14.6 Å². The normalized spacial score (nSPS) is 20.7. The van der Waals surface area contributed by atoms with E-state index in [1.54, 1.807) is 4.57 Å². The molecule has 3 aliphatic heterocycles. The molecule has 5 rings (SSSR count). The molecule has 32 heavy (non-hydrogen) atoms. The van der Waals surface area contributed by atoms with Crippen LogP contribution in [-0.4, -0.2) is 38.8 Å². The molecule has 0 amide bonds. The summed E-state index contributed by atoms with van der Waals surface area (Å²) in [5.74, 6) is 0.384. The first-order chi connectivity index (χ1) is 15.4. The van der Waals surface area contributed by atoms with E-state index < -0.39 is 16.8 Å². The van der Waals surface area contributed by atoms with Crippen LogP contribution < -0.4 is 10.3 Å². The Balaban J connectivity index is 1.71. The third-order valence-corrected chi connectivity index (χ3v) is 7.41. The molecular formula is C22H24F3N5OS. The Hall–Kier alpha value is -2.33. The largest absolute Gasteiger partial charge is 0.441 e. The van der Waals surface area contributed by atoms with Gasteiger partial charge in [-0.1, -0.05) is 30.3 Å². The molecule has 6 nitrogen and oxygen atoms in total. The van der Waals surface area contributed by atoms with Gasteiger partial charge in [0.2, 0.25) is 5.04 Å². The predicted molar refractivity (Wildman–Crippen MR) is 119 cm³/mol. The molecule has 1 aromatic carbocycles. The van der Waals surface area contributed by atoms with Gasteiger partial charge in [0.1, 0.15) is 5.82 Å². The van der Waals surface area contributed by atoms with E-state index in [4.69, 9.17) is 4.98 Å². The molecule has 3 aliphatic rings. The van der Waals surface area contributed by atoms with Gasteiger partial charge in [-0.25, -0.2) is 9.98 Å². The molecule has 0 bridgehead atoms. The molecule has 2 saturated heterocycles. The van der Waals surface area contributed by atoms with Crippen LogP contribution in [0.1, 0.15) is 49.9 Å². The number of alkyl halides is 3. The fourth-order valence-corrected chi connectivity index (χ4v) is 5.73. The molecule has 1 N–H and O–H groups in total. The van der Waals surface area contributed by atoms with Gasteiger partial charge in [0.15, 0.2) is 11.5 Å². The van der Waals surface area contributed by atoms with Crippen LogP contribution in [0.3, 0.4) is 0 Å². The average Bonchev–Trinajstić information content (AvgIpc) is 2.80. The van der Waals surface area contributed by atoms with Gasteiger partial charge in [-0.15, -0.1) is 0 Å². The maximum absolute atomic E-state index is 13.6. The highest BCUT2D eigenvalue weighted by atomic mass is 32.2. The summed E-state index contributed by atoms with van der Waals surface area (Å²) in [4.78, 5) is 24.4. The molecular weight excluding hydrogens is 439 g/mol. The van der Waals surface area contributed by atoms with Gasteiger partial charge in [0, 0.05) is 11.9 Å². The number of aliphatic imine (C=N–C) groups is 1. The minimum atomic E-state index is -4.60. The summed E-state index contributed by atoms with van der Waals surface area (Å²) in [6, 6.07) is 9.60. The van der Waals surface area contributed by atoms with E-state index in [0.29, 0.717) is 24.3 Å². The van der Waals surface area contributed by atoms with Crippen molar-refractivity contribution in [3.05, 3.63) is 52.1 Å². The van der Waals surface area contributed by atoms with Gasteiger partial charge >= 0.3 is 6.18 Å². The number of nitrogens with zero attached hydrogens (tertiary/aromatic N) is 4. The van der Waals surface area contributed by atoms with Crippen LogP contribution >= 0.6 is 11.9 Å². The number of rotatable bonds is 3. The van der Waals surface area contributed by atoms with E-state index in [0.717, 1.165) is 57.2 Å². The highest BCUT2D eigenvalue weighted by Crippen LogP contribution is 2.45. The van der Waals surface area contributed by atoms with Crippen molar-refractivity contribution >= 4 is 28.5 Å². The van der Waals surface area contributed by atoms with Crippen molar-refractivity contribution in [1.29, 1.82) is 0 Å². The van der Waals surface area contributed by atoms with Crippen molar-refractivity contribution in [1.82, 2.24) is 14.5 Å². The second-order valence-electron chi connectivity index (χ2n) is 8.56. The highest BCUT2D eigenvalue weighted by molar-refractivity contribution is 8.15. The number of piperidine rings is 2. The summed E-state index contributed by atoms with van der Waals surface area (Å²) in [5, 5.41) is -1.04. The van der Waals surface area contributed by atoms with E-state index >= 15 is 0 Å². The number of benzene rings is 1. The zero-order valence-electron chi connectivity index (χ0n) is 17.5. The number of hydrogen-bond acceptors (Lipinski definition) is 6. The van der Waals surface area contributed by atoms with E-state index in [9.17, 15) is 18.0 Å². The van der Waals surface area contributed by atoms with Crippen molar-refractivity contribution in [2.24, 2.45) is 4.99 Å². The molecule has 2 fully saturated rings. The molecule has 170 valence electrons. The average molecular weight is 464 g/mol. The van der Waals surface area contributed by atoms with Crippen LogP contribution in [0.4, 0.5) is 24.7 Å². The summed E-state index contributed by atoms with van der Waals surface area (Å²) >= 11 is 0.316. The van der Waals surface area contributed by atoms with Gasteiger partial charge in [0.05, 0.1) is 12.1 Å². The van der Waals surface area contributed by atoms with Crippen LogP contribution in [0.25, 0.3) is 0 Å². The fourth-order valence-electron chi connectivity index (χ4n) is 5.11. The summed E-state index contributed by atoms with van der Waals surface area (Å²) < 4.78 is 44.2. The molecule has 0 saturated carbocycles. The molecule has 4 heterocycles. The first-order valence-corrected chi connectivity index (χ1v) is 11.7. The molecule has 2 aromatic rings. The Morgan fingerprint density at radius 3 is 2.41 bits per heavy atom. The van der Waals surface area contributed by atoms with Crippen LogP contribution in [0.2, 0.25) is 0 Å². The molecule has 10 heteroatoms. The fraction of sp³-hybridized carbons (Fsp3) is 0.500. The topological polar surface area (TPSA) is 62.5 Å². The lowest BCUT2D eigenvalue weighted by molar-refractivity contribution is -0.0554. The standard InChI is InChI=1S/C22H24F3N5OS/c23-22(24,25)20-27-17-16(28-32-20)18(31)30(14-15-8-2-1-3-9-15)19(26-17)21-10-4-6-12-29(21)13-7-5-11-21/h1-3,8-9,28H,4-7,10-14H2. The maximum Gasteiger partial charge on any atom is 0.441 e. The molecule has 0 spiro atoms. The number of fused-ring (bicyclic) bond motifs is 2. The van der Waals surface area contributed by atoms with Gasteiger partial charge in [0.25, 0.3) is 5.56 Å². The lowest BCUT2D eigenvalue weighted by Crippen LogP contribution is -2.55. The smallest absolute Gasteiger partial charge is 0.317 e. The predicted octanol–water partition coefficient (Wildman–Crippen LogP) is 4.82. The quantitative estimate of drug-likeness (QED) is 0.661. The van der Waals surface area contributed by atoms with Crippen molar-refractivity contribution in [3.63, 3.8) is 0 Å². The Kier molecular flexibility index (Phi) is 5.53. The minimum Gasteiger partial charge on any atom is -0.317 e. The SMILES string of the molecule is O=c1c2c(nc(C34CCCCN3CCCC4)n1Cc1ccccc1)N=C(C(F)(F)F)SN2. The van der Waals surface area contributed by atoms with Crippen molar-refractivity contribution in [2.75, 3.05) is 17.8 Å². The van der Waals surface area contributed by atoms with E-state index in [1.165, 1.54) is 0 Å². The Morgan fingerprint density at radius 2 is 1.75 bits per heavy atom. The van der Waals surface area contributed by atoms with Crippen molar-refractivity contribution in [2.45, 2.75) is 56.8 Å². The maximum atomic E-state index is 13.6. The van der Waals surface area contributed by atoms with Crippen molar-refractivity contribution in [3.8, 4) is 0 Å². The zero-order valence-corrected chi connectivity index (χ0v) is 18.3. The van der Waals surface area contributed by atoms with Crippen LogP contribution in [0.15, 0.2) is 40.1 Å². The first-order valence-electron chi connectivity index (χ1n) is 10.9. The van der Waals surface area contributed by atoms with E-state index in [-0.39, 0.29) is 17.1 Å². The lowest BCUT2D eigenvalue weighted by atomic mass is 9.78. The van der Waals surface area contributed by atoms with Crippen molar-refractivity contribution < 1.29 is 13.2 Å². The third kappa shape index (κ3) is 3.73.